The van der Waals surface area contributed by atoms with E-state index in [1.807, 2.05) is 0 Å². The molecule has 2 atom stereocenters. The lowest BCUT2D eigenvalue weighted by atomic mass is 10.2. The number of rotatable bonds is 3. The lowest BCUT2D eigenvalue weighted by molar-refractivity contribution is -0.154. The number of nitrogens with zero attached hydrogens (tertiary/aromatic N) is 1. The summed E-state index contributed by atoms with van der Waals surface area (Å²) >= 11 is 0. The van der Waals surface area contributed by atoms with E-state index in [0.29, 0.717) is 0 Å². The maximum Gasteiger partial charge on any atom is 0.389 e. The predicted octanol–water partition coefficient (Wildman–Crippen LogP) is 0.375. The highest BCUT2D eigenvalue weighted by molar-refractivity contribution is 5.84. The first-order chi connectivity index (χ1) is 7.70. The van der Waals surface area contributed by atoms with E-state index in [1.54, 1.807) is 0 Å². The Kier molecular flexibility index (Phi) is 3.97. The SMILES string of the molecule is O=C(O)[C@@H]1C[C@H](O)CN1C(=O)CCC(F)(F)F. The monoisotopic (exact) mass is 255 g/mol. The minimum Gasteiger partial charge on any atom is -0.480 e. The van der Waals surface area contributed by atoms with E-state index in [1.165, 1.54) is 0 Å². The standard InChI is InChI=1S/C9H12F3NO4/c10-9(11,12)2-1-7(15)13-4-5(14)3-6(13)8(16)17/h5-6,14H,1-4H2,(H,16,17)/t5-,6-/m0/s1. The molecule has 0 radical (unpaired) electrons. The zero-order chi connectivity index (χ0) is 13.2. The van der Waals surface area contributed by atoms with Crippen molar-refractivity contribution in [3.63, 3.8) is 0 Å². The molecule has 0 unspecified atom stereocenters. The van der Waals surface area contributed by atoms with Crippen LogP contribution in [0.15, 0.2) is 0 Å². The maximum atomic E-state index is 11.9. The second-order valence-electron chi connectivity index (χ2n) is 3.90. The Hall–Kier alpha value is -1.31. The van der Waals surface area contributed by atoms with Gasteiger partial charge >= 0.3 is 12.1 Å². The minimum absolute atomic E-state index is 0.146. The van der Waals surface area contributed by atoms with E-state index in [0.717, 1.165) is 4.90 Å². The topological polar surface area (TPSA) is 77.8 Å². The fourth-order valence-corrected chi connectivity index (χ4v) is 1.72. The number of aliphatic hydroxyl groups excluding tert-OH is 1. The highest BCUT2D eigenvalue weighted by atomic mass is 19.4. The second kappa shape index (κ2) is 4.91. The third-order valence-corrected chi connectivity index (χ3v) is 2.51. The van der Waals surface area contributed by atoms with Crippen LogP contribution in [-0.4, -0.2) is 51.9 Å². The number of aliphatic hydroxyl groups is 1. The number of alkyl halides is 3. The van der Waals surface area contributed by atoms with Crippen LogP contribution in [-0.2, 0) is 9.59 Å². The van der Waals surface area contributed by atoms with Gasteiger partial charge in [-0.15, -0.1) is 0 Å². The number of hydrogen-bond donors (Lipinski definition) is 2. The molecule has 1 rings (SSSR count). The number of aliphatic carboxylic acids is 1. The number of β-amino-alcohol motifs (C(OH)–C–C–N with tert-alkyl or cyclic N) is 1. The number of hydrogen-bond acceptors (Lipinski definition) is 3. The maximum absolute atomic E-state index is 11.9. The molecule has 1 aliphatic heterocycles. The summed E-state index contributed by atoms with van der Waals surface area (Å²) in [5.41, 5.74) is 0. The average Bonchev–Trinajstić information content (AvgIpc) is 2.55. The number of amides is 1. The van der Waals surface area contributed by atoms with Gasteiger partial charge in [0.25, 0.3) is 0 Å². The summed E-state index contributed by atoms with van der Waals surface area (Å²) in [5, 5.41) is 18.0. The van der Waals surface area contributed by atoms with Crippen LogP contribution in [0.4, 0.5) is 13.2 Å². The third kappa shape index (κ3) is 3.88. The van der Waals surface area contributed by atoms with Crippen molar-refractivity contribution >= 4 is 11.9 Å². The summed E-state index contributed by atoms with van der Waals surface area (Å²) in [6.07, 6.45) is -7.67. The molecule has 0 aromatic rings. The van der Waals surface area contributed by atoms with Crippen molar-refractivity contribution in [1.29, 1.82) is 0 Å². The Balaban J connectivity index is 2.59. The Morgan fingerprint density at radius 2 is 1.94 bits per heavy atom. The van der Waals surface area contributed by atoms with Crippen molar-refractivity contribution in [2.24, 2.45) is 0 Å². The van der Waals surface area contributed by atoms with Gasteiger partial charge in [0.05, 0.1) is 12.5 Å². The molecule has 1 fully saturated rings. The van der Waals surface area contributed by atoms with Gasteiger partial charge in [-0.3, -0.25) is 4.79 Å². The number of carboxylic acid groups (broad SMARTS) is 1. The van der Waals surface area contributed by atoms with Gasteiger partial charge in [-0.05, 0) is 0 Å². The molecule has 0 bridgehead atoms. The summed E-state index contributed by atoms with van der Waals surface area (Å²) in [7, 11) is 0. The molecule has 0 aromatic carbocycles. The summed E-state index contributed by atoms with van der Waals surface area (Å²) in [4.78, 5) is 22.9. The fraction of sp³-hybridized carbons (Fsp3) is 0.778. The van der Waals surface area contributed by atoms with Crippen LogP contribution in [0, 0.1) is 0 Å². The van der Waals surface area contributed by atoms with Crippen LogP contribution < -0.4 is 0 Å². The van der Waals surface area contributed by atoms with E-state index < -0.39 is 43.0 Å². The normalized spacial score (nSPS) is 25.1. The summed E-state index contributed by atoms with van der Waals surface area (Å²) in [5.74, 6) is -2.21. The van der Waals surface area contributed by atoms with Gasteiger partial charge in [0.1, 0.15) is 6.04 Å². The molecule has 0 aromatic heterocycles. The van der Waals surface area contributed by atoms with Gasteiger partial charge < -0.3 is 15.1 Å². The number of halogens is 3. The molecule has 0 saturated carbocycles. The molecule has 8 heteroatoms. The summed E-state index contributed by atoms with van der Waals surface area (Å²) in [6.45, 7) is -0.229. The van der Waals surface area contributed by atoms with Gasteiger partial charge in [-0.2, -0.15) is 13.2 Å². The average molecular weight is 255 g/mol. The van der Waals surface area contributed by atoms with Crippen LogP contribution in [0.25, 0.3) is 0 Å². The Morgan fingerprint density at radius 1 is 1.35 bits per heavy atom. The summed E-state index contributed by atoms with van der Waals surface area (Å²) in [6, 6.07) is -1.23. The smallest absolute Gasteiger partial charge is 0.389 e. The second-order valence-corrected chi connectivity index (χ2v) is 3.90. The molecule has 0 spiro atoms. The van der Waals surface area contributed by atoms with Crippen molar-refractivity contribution in [3.8, 4) is 0 Å². The zero-order valence-electron chi connectivity index (χ0n) is 8.78. The zero-order valence-corrected chi connectivity index (χ0v) is 8.78. The number of carbonyl (C=O) groups excluding carboxylic acids is 1. The fourth-order valence-electron chi connectivity index (χ4n) is 1.72. The van der Waals surface area contributed by atoms with Crippen molar-refractivity contribution in [2.75, 3.05) is 6.54 Å². The first-order valence-corrected chi connectivity index (χ1v) is 4.98. The molecule has 0 aliphatic carbocycles. The molecular weight excluding hydrogens is 243 g/mol. The van der Waals surface area contributed by atoms with E-state index >= 15 is 0 Å². The van der Waals surface area contributed by atoms with Crippen molar-refractivity contribution < 1.29 is 33.0 Å². The van der Waals surface area contributed by atoms with Gasteiger partial charge in [-0.25, -0.2) is 4.79 Å². The molecule has 2 N–H and O–H groups in total. The minimum atomic E-state index is -4.45. The number of likely N-dealkylation sites (tertiary alicyclic amines) is 1. The largest absolute Gasteiger partial charge is 0.480 e. The van der Waals surface area contributed by atoms with Crippen LogP contribution >= 0.6 is 0 Å². The highest BCUT2D eigenvalue weighted by Crippen LogP contribution is 2.24. The van der Waals surface area contributed by atoms with Crippen LogP contribution in [0.5, 0.6) is 0 Å². The Morgan fingerprint density at radius 3 is 2.41 bits per heavy atom. The van der Waals surface area contributed by atoms with Gasteiger partial charge in [0.2, 0.25) is 5.91 Å². The first-order valence-electron chi connectivity index (χ1n) is 4.98. The molecule has 5 nitrogen and oxygen atoms in total. The Labute approximate surface area is 94.8 Å². The molecule has 1 aliphatic rings. The van der Waals surface area contributed by atoms with Crippen LogP contribution in [0.1, 0.15) is 19.3 Å². The van der Waals surface area contributed by atoms with Crippen molar-refractivity contribution in [3.05, 3.63) is 0 Å². The first kappa shape index (κ1) is 13.8. The van der Waals surface area contributed by atoms with Gasteiger partial charge in [0, 0.05) is 19.4 Å². The van der Waals surface area contributed by atoms with E-state index in [-0.39, 0.29) is 13.0 Å². The van der Waals surface area contributed by atoms with Crippen molar-refractivity contribution in [2.45, 2.75) is 37.6 Å². The number of carboxylic acids is 1. The Bertz CT molecular complexity index is 318. The predicted molar refractivity (Wildman–Crippen MR) is 49.0 cm³/mol. The molecule has 1 heterocycles. The van der Waals surface area contributed by atoms with Crippen molar-refractivity contribution in [1.82, 2.24) is 4.90 Å². The molecular formula is C9H12F3NO4. The summed E-state index contributed by atoms with van der Waals surface area (Å²) < 4.78 is 35.7. The van der Waals surface area contributed by atoms with Crippen LogP contribution in [0.2, 0.25) is 0 Å². The van der Waals surface area contributed by atoms with E-state index in [4.69, 9.17) is 5.11 Å². The molecule has 98 valence electrons. The molecule has 1 amide bonds. The third-order valence-electron chi connectivity index (χ3n) is 2.51. The van der Waals surface area contributed by atoms with E-state index in [2.05, 4.69) is 0 Å². The lowest BCUT2D eigenvalue weighted by Gasteiger charge is -2.21. The number of carbonyl (C=O) groups is 2. The van der Waals surface area contributed by atoms with Gasteiger partial charge in [-0.1, -0.05) is 0 Å². The quantitative estimate of drug-likeness (QED) is 0.764. The molecule has 1 saturated heterocycles. The molecule has 17 heavy (non-hydrogen) atoms. The van der Waals surface area contributed by atoms with E-state index in [9.17, 15) is 27.9 Å². The highest BCUT2D eigenvalue weighted by Gasteiger charge is 2.39. The van der Waals surface area contributed by atoms with Crippen LogP contribution in [0.3, 0.4) is 0 Å². The van der Waals surface area contributed by atoms with Gasteiger partial charge in [0.15, 0.2) is 0 Å². The lowest BCUT2D eigenvalue weighted by Crippen LogP contribution is -2.40.